The van der Waals surface area contributed by atoms with E-state index in [0.717, 1.165) is 44.6 Å². The minimum atomic E-state index is -0.227. The highest BCUT2D eigenvalue weighted by Crippen LogP contribution is 2.18. The minimum Gasteiger partial charge on any atom is -0.333 e. The summed E-state index contributed by atoms with van der Waals surface area (Å²) in [5, 5.41) is 13.4. The first-order valence-corrected chi connectivity index (χ1v) is 7.31. The Morgan fingerprint density at radius 2 is 2.30 bits per heavy atom. The van der Waals surface area contributed by atoms with Gasteiger partial charge in [-0.05, 0) is 39.7 Å². The molecule has 3 N–H and O–H groups in total. The number of carbonyl (C=O) groups is 1. The number of anilines is 1. The molecule has 0 bridgehead atoms. The SMILES string of the molecule is CC1(C)NCCC1NC(=O)Nc1nc2n(n1)CCCC2. The number of amides is 2. The van der Waals surface area contributed by atoms with Crippen molar-refractivity contribution in [1.29, 1.82) is 0 Å². The Hall–Kier alpha value is -1.63. The van der Waals surface area contributed by atoms with Crippen LogP contribution in [-0.2, 0) is 13.0 Å². The number of nitrogens with one attached hydrogen (secondary N) is 3. The van der Waals surface area contributed by atoms with Crippen LogP contribution >= 0.6 is 0 Å². The molecule has 3 heterocycles. The standard InChI is InChI=1S/C13H22N6O/c1-13(2)9(6-7-14-13)15-12(20)17-11-16-10-5-3-4-8-19(10)18-11/h9,14H,3-8H2,1-2H3,(H2,15,17,18,20). The van der Waals surface area contributed by atoms with Gasteiger partial charge in [0.15, 0.2) is 0 Å². The van der Waals surface area contributed by atoms with Crippen molar-refractivity contribution in [3.63, 3.8) is 0 Å². The molecule has 7 heteroatoms. The zero-order valence-corrected chi connectivity index (χ0v) is 12.1. The third kappa shape index (κ3) is 2.63. The highest BCUT2D eigenvalue weighted by molar-refractivity contribution is 5.87. The highest BCUT2D eigenvalue weighted by atomic mass is 16.2. The molecule has 2 amide bonds. The lowest BCUT2D eigenvalue weighted by molar-refractivity contribution is 0.242. The molecule has 0 saturated carbocycles. The molecule has 1 aromatic rings. The van der Waals surface area contributed by atoms with E-state index in [1.54, 1.807) is 0 Å². The number of urea groups is 1. The number of rotatable bonds is 2. The fourth-order valence-corrected chi connectivity index (χ4v) is 2.91. The molecule has 2 aliphatic heterocycles. The predicted octanol–water partition coefficient (Wildman–Crippen LogP) is 0.876. The van der Waals surface area contributed by atoms with Gasteiger partial charge in [-0.1, -0.05) is 0 Å². The summed E-state index contributed by atoms with van der Waals surface area (Å²) in [5.41, 5.74) is -0.0712. The van der Waals surface area contributed by atoms with Gasteiger partial charge in [-0.3, -0.25) is 5.32 Å². The average molecular weight is 278 g/mol. The summed E-state index contributed by atoms with van der Waals surface area (Å²) in [5.74, 6) is 1.37. The number of aromatic nitrogens is 3. The van der Waals surface area contributed by atoms with E-state index in [-0.39, 0.29) is 17.6 Å². The maximum absolute atomic E-state index is 12.0. The van der Waals surface area contributed by atoms with Crippen molar-refractivity contribution in [2.24, 2.45) is 0 Å². The molecule has 1 saturated heterocycles. The van der Waals surface area contributed by atoms with Gasteiger partial charge in [0.05, 0.1) is 0 Å². The largest absolute Gasteiger partial charge is 0.333 e. The zero-order valence-electron chi connectivity index (χ0n) is 12.1. The van der Waals surface area contributed by atoms with Gasteiger partial charge in [-0.15, -0.1) is 5.10 Å². The van der Waals surface area contributed by atoms with Gasteiger partial charge < -0.3 is 10.6 Å². The summed E-state index contributed by atoms with van der Waals surface area (Å²) < 4.78 is 1.89. The number of nitrogens with zero attached hydrogens (tertiary/aromatic N) is 3. The third-order valence-electron chi connectivity index (χ3n) is 4.18. The van der Waals surface area contributed by atoms with Gasteiger partial charge in [0.25, 0.3) is 0 Å². The molecular weight excluding hydrogens is 256 g/mol. The Morgan fingerprint density at radius 1 is 1.45 bits per heavy atom. The molecule has 1 fully saturated rings. The average Bonchev–Trinajstić information content (AvgIpc) is 2.92. The van der Waals surface area contributed by atoms with Gasteiger partial charge in [0.2, 0.25) is 5.95 Å². The molecule has 2 aliphatic rings. The molecule has 1 atom stereocenters. The molecule has 0 spiro atoms. The first-order valence-electron chi connectivity index (χ1n) is 7.31. The van der Waals surface area contributed by atoms with E-state index in [0.29, 0.717) is 5.95 Å². The number of carbonyl (C=O) groups excluding carboxylic acids is 1. The molecular formula is C13H22N6O. The Labute approximate surface area is 118 Å². The van der Waals surface area contributed by atoms with E-state index in [4.69, 9.17) is 0 Å². The van der Waals surface area contributed by atoms with Crippen molar-refractivity contribution >= 4 is 12.0 Å². The van der Waals surface area contributed by atoms with Crippen LogP contribution in [0.25, 0.3) is 0 Å². The smallest absolute Gasteiger partial charge is 0.321 e. The quantitative estimate of drug-likeness (QED) is 0.749. The monoisotopic (exact) mass is 278 g/mol. The van der Waals surface area contributed by atoms with Gasteiger partial charge >= 0.3 is 6.03 Å². The number of hydrogen-bond acceptors (Lipinski definition) is 4. The fourth-order valence-electron chi connectivity index (χ4n) is 2.91. The molecule has 7 nitrogen and oxygen atoms in total. The molecule has 0 aliphatic carbocycles. The maximum Gasteiger partial charge on any atom is 0.321 e. The molecule has 1 aromatic heterocycles. The van der Waals surface area contributed by atoms with Crippen LogP contribution in [0.4, 0.5) is 10.7 Å². The van der Waals surface area contributed by atoms with Crippen LogP contribution in [0, 0.1) is 0 Å². The van der Waals surface area contributed by atoms with E-state index >= 15 is 0 Å². The second kappa shape index (κ2) is 5.05. The van der Waals surface area contributed by atoms with Gasteiger partial charge in [-0.25, -0.2) is 9.48 Å². The molecule has 1 unspecified atom stereocenters. The molecule has 0 radical (unpaired) electrons. The second-order valence-electron chi connectivity index (χ2n) is 6.12. The van der Waals surface area contributed by atoms with Crippen LogP contribution in [0.3, 0.4) is 0 Å². The molecule has 110 valence electrons. The Kier molecular flexibility index (Phi) is 3.37. The predicted molar refractivity (Wildman–Crippen MR) is 75.6 cm³/mol. The summed E-state index contributed by atoms with van der Waals surface area (Å²) in [6.45, 7) is 6.01. The lowest BCUT2D eigenvalue weighted by Gasteiger charge is -2.27. The number of aryl methyl sites for hydroxylation is 2. The van der Waals surface area contributed by atoms with E-state index in [2.05, 4.69) is 39.9 Å². The summed E-state index contributed by atoms with van der Waals surface area (Å²) in [6, 6.07) is -0.102. The summed E-state index contributed by atoms with van der Waals surface area (Å²) in [4.78, 5) is 16.4. The van der Waals surface area contributed by atoms with Crippen LogP contribution < -0.4 is 16.0 Å². The van der Waals surface area contributed by atoms with Gasteiger partial charge in [-0.2, -0.15) is 4.98 Å². The number of hydrogen-bond donors (Lipinski definition) is 3. The van der Waals surface area contributed by atoms with E-state index in [1.165, 1.54) is 0 Å². The van der Waals surface area contributed by atoms with Crippen LogP contribution in [0.5, 0.6) is 0 Å². The van der Waals surface area contributed by atoms with Crippen molar-refractivity contribution in [1.82, 2.24) is 25.4 Å². The first kappa shape index (κ1) is 13.4. The maximum atomic E-state index is 12.0. The lowest BCUT2D eigenvalue weighted by Crippen LogP contribution is -2.51. The van der Waals surface area contributed by atoms with Crippen LogP contribution in [-0.4, -0.2) is 38.9 Å². The van der Waals surface area contributed by atoms with E-state index in [1.807, 2.05) is 4.68 Å². The van der Waals surface area contributed by atoms with E-state index in [9.17, 15) is 4.79 Å². The lowest BCUT2D eigenvalue weighted by atomic mass is 9.97. The second-order valence-corrected chi connectivity index (χ2v) is 6.12. The van der Waals surface area contributed by atoms with Gasteiger partial charge in [0.1, 0.15) is 5.82 Å². The van der Waals surface area contributed by atoms with Crippen molar-refractivity contribution < 1.29 is 4.79 Å². The van der Waals surface area contributed by atoms with Crippen molar-refractivity contribution in [3.05, 3.63) is 5.82 Å². The highest BCUT2D eigenvalue weighted by Gasteiger charge is 2.35. The first-order chi connectivity index (χ1) is 9.54. The molecule has 0 aromatic carbocycles. The normalized spacial score (nSPS) is 24.2. The fraction of sp³-hybridized carbons (Fsp3) is 0.769. The number of fused-ring (bicyclic) bond motifs is 1. The summed E-state index contributed by atoms with van der Waals surface area (Å²) in [6.07, 6.45) is 4.15. The topological polar surface area (TPSA) is 83.9 Å². The third-order valence-corrected chi connectivity index (χ3v) is 4.18. The molecule has 20 heavy (non-hydrogen) atoms. The zero-order chi connectivity index (χ0) is 14.2. The van der Waals surface area contributed by atoms with Crippen molar-refractivity contribution in [3.8, 4) is 0 Å². The summed E-state index contributed by atoms with van der Waals surface area (Å²) in [7, 11) is 0. The van der Waals surface area contributed by atoms with E-state index < -0.39 is 0 Å². The van der Waals surface area contributed by atoms with Crippen LogP contribution in [0.2, 0.25) is 0 Å². The van der Waals surface area contributed by atoms with Crippen LogP contribution in [0.1, 0.15) is 38.9 Å². The summed E-state index contributed by atoms with van der Waals surface area (Å²) >= 11 is 0. The van der Waals surface area contributed by atoms with Crippen LogP contribution in [0.15, 0.2) is 0 Å². The van der Waals surface area contributed by atoms with Crippen molar-refractivity contribution in [2.75, 3.05) is 11.9 Å². The Balaban J connectivity index is 1.60. The van der Waals surface area contributed by atoms with Gasteiger partial charge in [0, 0.05) is 24.5 Å². The van der Waals surface area contributed by atoms with Crippen molar-refractivity contribution in [2.45, 2.75) is 57.7 Å². The Bertz CT molecular complexity index is 485. The molecule has 3 rings (SSSR count). The minimum absolute atomic E-state index is 0.0712. The Morgan fingerprint density at radius 3 is 3.00 bits per heavy atom.